The second-order valence-corrected chi connectivity index (χ2v) is 9.08. The maximum absolute atomic E-state index is 13.4. The van der Waals surface area contributed by atoms with E-state index in [1.54, 1.807) is 0 Å². The van der Waals surface area contributed by atoms with E-state index in [2.05, 4.69) is 6.92 Å². The van der Waals surface area contributed by atoms with Crippen molar-refractivity contribution in [3.05, 3.63) is 35.1 Å². The summed E-state index contributed by atoms with van der Waals surface area (Å²) < 4.78 is 11.7. The second kappa shape index (κ2) is 6.41. The zero-order chi connectivity index (χ0) is 20.4. The number of Topliss-reactive ketones (excluding diaryl/α,β-unsaturated/α-hetero) is 1. The van der Waals surface area contributed by atoms with Crippen LogP contribution in [0.5, 0.6) is 0 Å². The first-order valence-electron chi connectivity index (χ1n) is 11.1. The van der Waals surface area contributed by atoms with Crippen LogP contribution in [0.25, 0.3) is 0 Å². The highest BCUT2D eigenvalue weighted by atomic mass is 16.6. The molecule has 0 aromatic heterocycles. The number of allylic oxidation sites excluding steroid dienone is 3. The van der Waals surface area contributed by atoms with Crippen molar-refractivity contribution in [2.45, 2.75) is 70.8 Å². The van der Waals surface area contributed by atoms with Gasteiger partial charge in [-0.25, -0.2) is 4.79 Å². The van der Waals surface area contributed by atoms with E-state index in [1.165, 1.54) is 0 Å². The van der Waals surface area contributed by atoms with Gasteiger partial charge in [-0.05, 0) is 44.6 Å². The summed E-state index contributed by atoms with van der Waals surface area (Å²) in [4.78, 5) is 39.7. The Balaban J connectivity index is 1.70. The zero-order valence-corrected chi connectivity index (χ0v) is 17.2. The van der Waals surface area contributed by atoms with Crippen molar-refractivity contribution in [3.8, 4) is 0 Å². The van der Waals surface area contributed by atoms with E-state index in [0.29, 0.717) is 24.2 Å². The Morgan fingerprint density at radius 2 is 2.07 bits per heavy atom. The molecule has 5 atom stereocenters. The first-order valence-corrected chi connectivity index (χ1v) is 11.1. The van der Waals surface area contributed by atoms with Gasteiger partial charge in [0.05, 0.1) is 0 Å². The van der Waals surface area contributed by atoms with E-state index in [-0.39, 0.29) is 35.5 Å². The van der Waals surface area contributed by atoms with Gasteiger partial charge in [0, 0.05) is 35.3 Å². The topological polar surface area (TPSA) is 69.7 Å². The minimum absolute atomic E-state index is 0.0418. The van der Waals surface area contributed by atoms with Crippen molar-refractivity contribution in [2.75, 3.05) is 0 Å². The summed E-state index contributed by atoms with van der Waals surface area (Å²) in [6.45, 7) is 4.07. The average Bonchev–Trinajstić information content (AvgIpc) is 3.28. The first-order chi connectivity index (χ1) is 14.0. The molecule has 0 aromatic rings. The Hall–Kier alpha value is -2.17. The van der Waals surface area contributed by atoms with Crippen molar-refractivity contribution in [1.82, 2.24) is 0 Å². The minimum Gasteiger partial charge on any atom is -0.450 e. The number of carbonyl (C=O) groups is 3. The summed E-state index contributed by atoms with van der Waals surface area (Å²) in [7, 11) is 0. The second-order valence-electron chi connectivity index (χ2n) is 9.08. The lowest BCUT2D eigenvalue weighted by atomic mass is 9.62. The van der Waals surface area contributed by atoms with Crippen LogP contribution in [0.2, 0.25) is 0 Å². The molecule has 2 bridgehead atoms. The van der Waals surface area contributed by atoms with Gasteiger partial charge >= 0.3 is 11.9 Å². The summed E-state index contributed by atoms with van der Waals surface area (Å²) in [5.74, 6) is -0.564. The molecular weight excluding hydrogens is 368 g/mol. The van der Waals surface area contributed by atoms with E-state index < -0.39 is 11.0 Å². The standard InChI is InChI=1S/C24H28O5/c1-3-5-9-16-14-11-12-15-20(19(14)21(26)28-16)23-13-7-6-10-17(23)24(15,29-22(23)27)18(25)8-4-2/h7,9,13,15,17,20H,3-6,8,10-12H2,1-2H3/t15-,17+,20-,23+,24+/m1/s1. The van der Waals surface area contributed by atoms with Gasteiger partial charge in [0.15, 0.2) is 11.4 Å². The number of esters is 2. The smallest absolute Gasteiger partial charge is 0.340 e. The molecule has 2 fully saturated rings. The van der Waals surface area contributed by atoms with Gasteiger partial charge in [0.2, 0.25) is 0 Å². The highest BCUT2D eigenvalue weighted by Gasteiger charge is 2.81. The van der Waals surface area contributed by atoms with Gasteiger partial charge in [0.1, 0.15) is 11.2 Å². The third-order valence-electron chi connectivity index (χ3n) is 7.79. The van der Waals surface area contributed by atoms with Crippen molar-refractivity contribution >= 4 is 17.7 Å². The number of hydrogen-bond acceptors (Lipinski definition) is 5. The average molecular weight is 396 g/mol. The van der Waals surface area contributed by atoms with Crippen LogP contribution in [0.3, 0.4) is 0 Å². The van der Waals surface area contributed by atoms with Crippen molar-refractivity contribution < 1.29 is 23.9 Å². The fourth-order valence-electron chi connectivity index (χ4n) is 6.84. The Bertz CT molecular complexity index is 893. The molecule has 5 heteroatoms. The number of rotatable bonds is 5. The van der Waals surface area contributed by atoms with Crippen LogP contribution < -0.4 is 0 Å². The third-order valence-corrected chi connectivity index (χ3v) is 7.79. The molecule has 0 unspecified atom stereocenters. The number of hydrogen-bond donors (Lipinski definition) is 0. The molecule has 3 aliphatic carbocycles. The number of unbranched alkanes of at least 4 members (excludes halogenated alkanes) is 1. The van der Waals surface area contributed by atoms with Crippen LogP contribution in [0.4, 0.5) is 0 Å². The molecule has 1 saturated carbocycles. The molecule has 0 amide bonds. The number of cyclic esters (lactones) is 1. The van der Waals surface area contributed by atoms with Crippen LogP contribution in [-0.2, 0) is 23.9 Å². The quantitative estimate of drug-likeness (QED) is 0.515. The molecule has 5 rings (SSSR count). The maximum atomic E-state index is 13.4. The molecule has 5 aliphatic rings. The van der Waals surface area contributed by atoms with Crippen molar-refractivity contribution in [2.24, 2.45) is 23.2 Å². The maximum Gasteiger partial charge on any atom is 0.340 e. The Kier molecular flexibility index (Phi) is 4.17. The van der Waals surface area contributed by atoms with Crippen LogP contribution in [-0.4, -0.2) is 23.3 Å². The monoisotopic (exact) mass is 396 g/mol. The zero-order valence-electron chi connectivity index (χ0n) is 17.2. The Morgan fingerprint density at radius 3 is 2.83 bits per heavy atom. The molecule has 29 heavy (non-hydrogen) atoms. The lowest BCUT2D eigenvalue weighted by Crippen LogP contribution is -2.52. The Morgan fingerprint density at radius 1 is 1.24 bits per heavy atom. The van der Waals surface area contributed by atoms with Gasteiger partial charge in [-0.1, -0.05) is 32.4 Å². The molecule has 1 saturated heterocycles. The SMILES string of the molecule is CCCC=C1OC(=O)C2=C1CC[C@@H]1[C@H]2[C@]23C=CCC[C@@H]2[C@@]1(C(=O)CCC)OC3=O. The van der Waals surface area contributed by atoms with Crippen LogP contribution in [0.1, 0.15) is 65.2 Å². The summed E-state index contributed by atoms with van der Waals surface area (Å²) in [5, 5.41) is 0. The molecular formula is C24H28O5. The highest BCUT2D eigenvalue weighted by molar-refractivity contribution is 6.03. The number of ketones is 1. The van der Waals surface area contributed by atoms with E-state index >= 15 is 0 Å². The van der Waals surface area contributed by atoms with E-state index in [4.69, 9.17) is 9.47 Å². The van der Waals surface area contributed by atoms with Gasteiger partial charge in [0.25, 0.3) is 0 Å². The number of ether oxygens (including phenoxy) is 2. The predicted molar refractivity (Wildman–Crippen MR) is 105 cm³/mol. The van der Waals surface area contributed by atoms with E-state index in [0.717, 1.165) is 44.1 Å². The third kappa shape index (κ3) is 2.14. The fourth-order valence-corrected chi connectivity index (χ4v) is 6.84. The van der Waals surface area contributed by atoms with E-state index in [1.807, 2.05) is 25.2 Å². The van der Waals surface area contributed by atoms with E-state index in [9.17, 15) is 14.4 Å². The molecule has 2 aliphatic heterocycles. The normalized spacial score (nSPS) is 40.6. The molecule has 0 N–H and O–H groups in total. The lowest BCUT2D eigenvalue weighted by Gasteiger charge is -2.42. The fraction of sp³-hybridized carbons (Fsp3) is 0.625. The van der Waals surface area contributed by atoms with Crippen molar-refractivity contribution in [3.63, 3.8) is 0 Å². The summed E-state index contributed by atoms with van der Waals surface area (Å²) in [5.41, 5.74) is -0.373. The summed E-state index contributed by atoms with van der Waals surface area (Å²) in [6.07, 6.45) is 12.0. The lowest BCUT2D eigenvalue weighted by molar-refractivity contribution is -0.176. The van der Waals surface area contributed by atoms with Crippen LogP contribution in [0.15, 0.2) is 35.1 Å². The number of fused-ring (bicyclic) bond motifs is 3. The van der Waals surface area contributed by atoms with Crippen molar-refractivity contribution in [1.29, 1.82) is 0 Å². The van der Waals surface area contributed by atoms with Gasteiger partial charge in [-0.15, -0.1) is 0 Å². The van der Waals surface area contributed by atoms with Gasteiger partial charge in [-0.3, -0.25) is 9.59 Å². The van der Waals surface area contributed by atoms with Crippen LogP contribution in [0, 0.1) is 23.2 Å². The summed E-state index contributed by atoms with van der Waals surface area (Å²) >= 11 is 0. The molecule has 154 valence electrons. The molecule has 0 spiro atoms. The largest absolute Gasteiger partial charge is 0.450 e. The van der Waals surface area contributed by atoms with Gasteiger partial charge in [-0.2, -0.15) is 0 Å². The van der Waals surface area contributed by atoms with Gasteiger partial charge < -0.3 is 9.47 Å². The predicted octanol–water partition coefficient (Wildman–Crippen LogP) is 4.18. The molecule has 5 nitrogen and oxygen atoms in total. The first kappa shape index (κ1) is 18.8. The molecule has 0 radical (unpaired) electrons. The summed E-state index contributed by atoms with van der Waals surface area (Å²) in [6, 6.07) is 0. The number of carbonyl (C=O) groups excluding carboxylic acids is 3. The molecule has 2 heterocycles. The Labute approximate surface area is 171 Å². The van der Waals surface area contributed by atoms with Crippen LogP contribution >= 0.6 is 0 Å². The highest BCUT2D eigenvalue weighted by Crippen LogP contribution is 2.72. The minimum atomic E-state index is -1.07. The molecule has 0 aromatic carbocycles.